The zero-order valence-corrected chi connectivity index (χ0v) is 18.8. The molecule has 29 heavy (non-hydrogen) atoms. The molecule has 1 unspecified atom stereocenters. The molecular formula is C25H42O4. The van der Waals surface area contributed by atoms with Crippen molar-refractivity contribution in [2.45, 2.75) is 110 Å². The lowest BCUT2D eigenvalue weighted by Gasteiger charge is -2.45. The second-order valence-electron chi connectivity index (χ2n) is 10.4. The van der Waals surface area contributed by atoms with Gasteiger partial charge in [-0.15, -0.1) is 0 Å². The average molecular weight is 407 g/mol. The van der Waals surface area contributed by atoms with Gasteiger partial charge in [-0.3, -0.25) is 9.59 Å². The first-order valence-electron chi connectivity index (χ1n) is 11.8. The SMILES string of the molecule is CCCCC1([C@H](O)/C=C/C2CCC(=O)[C@@H]2CCCCC(C)(C)CC(=O)O)CCC1. The molecule has 2 saturated carbocycles. The molecule has 0 aromatic rings. The zero-order valence-electron chi connectivity index (χ0n) is 18.8. The van der Waals surface area contributed by atoms with Gasteiger partial charge in [0.2, 0.25) is 0 Å². The predicted octanol–water partition coefficient (Wildman–Crippen LogP) is 5.92. The number of carbonyl (C=O) groups excluding carboxylic acids is 1. The van der Waals surface area contributed by atoms with Crippen LogP contribution >= 0.6 is 0 Å². The molecule has 2 aliphatic rings. The number of hydrogen-bond acceptors (Lipinski definition) is 3. The lowest BCUT2D eigenvalue weighted by Crippen LogP contribution is -2.40. The standard InChI is InChI=1S/C25H42O4/c1-4-5-15-25(16-8-17-25)22(27)13-11-19-10-12-21(26)20(19)9-6-7-14-24(2,3)18-23(28)29/h11,13,19-20,22,27H,4-10,12,14-18H2,1-3H3,(H,28,29)/b13-11+/t19?,20-,22-/m1/s1. The number of hydrogen-bond donors (Lipinski definition) is 2. The van der Waals surface area contributed by atoms with E-state index in [2.05, 4.69) is 13.0 Å². The normalized spacial score (nSPS) is 25.3. The van der Waals surface area contributed by atoms with E-state index < -0.39 is 5.97 Å². The minimum atomic E-state index is -0.743. The molecule has 0 bridgehead atoms. The maximum atomic E-state index is 12.4. The van der Waals surface area contributed by atoms with E-state index in [9.17, 15) is 14.7 Å². The van der Waals surface area contributed by atoms with Crippen LogP contribution in [0.1, 0.15) is 104 Å². The summed E-state index contributed by atoms with van der Waals surface area (Å²) in [6.07, 6.45) is 16.1. The van der Waals surface area contributed by atoms with E-state index in [1.165, 1.54) is 19.3 Å². The third-order valence-corrected chi connectivity index (χ3v) is 7.45. The number of carboxylic acid groups (broad SMARTS) is 1. The first kappa shape index (κ1) is 24.1. The van der Waals surface area contributed by atoms with Crippen LogP contribution in [0.5, 0.6) is 0 Å². The number of ketones is 1. The molecule has 2 fully saturated rings. The number of aliphatic carboxylic acids is 1. The van der Waals surface area contributed by atoms with Gasteiger partial charge in [0.1, 0.15) is 5.78 Å². The average Bonchev–Trinajstić information content (AvgIpc) is 2.95. The van der Waals surface area contributed by atoms with Crippen LogP contribution in [0, 0.1) is 22.7 Å². The van der Waals surface area contributed by atoms with E-state index in [1.54, 1.807) is 0 Å². The second-order valence-corrected chi connectivity index (χ2v) is 10.4. The van der Waals surface area contributed by atoms with E-state index >= 15 is 0 Å². The quantitative estimate of drug-likeness (QED) is 0.294. The van der Waals surface area contributed by atoms with E-state index in [0.29, 0.717) is 12.2 Å². The number of Topliss-reactive ketones (excluding diaryl/α,β-unsaturated/α-hetero) is 1. The van der Waals surface area contributed by atoms with E-state index in [-0.39, 0.29) is 35.2 Å². The molecule has 0 amide bonds. The van der Waals surface area contributed by atoms with Crippen molar-refractivity contribution in [3.63, 3.8) is 0 Å². The summed E-state index contributed by atoms with van der Waals surface area (Å²) < 4.78 is 0. The summed E-state index contributed by atoms with van der Waals surface area (Å²) in [5.74, 6) is -0.0438. The molecule has 0 spiro atoms. The Labute approximate surface area is 177 Å². The number of aliphatic hydroxyl groups is 1. The fourth-order valence-electron chi connectivity index (χ4n) is 5.31. The smallest absolute Gasteiger partial charge is 0.303 e. The lowest BCUT2D eigenvalue weighted by atomic mass is 9.62. The van der Waals surface area contributed by atoms with Crippen molar-refractivity contribution in [1.82, 2.24) is 0 Å². The largest absolute Gasteiger partial charge is 0.481 e. The molecule has 0 aromatic heterocycles. The van der Waals surface area contributed by atoms with Crippen molar-refractivity contribution < 1.29 is 19.8 Å². The Hall–Kier alpha value is -1.16. The molecule has 4 heteroatoms. The highest BCUT2D eigenvalue weighted by Crippen LogP contribution is 2.48. The van der Waals surface area contributed by atoms with Crippen LogP contribution in [0.3, 0.4) is 0 Å². The van der Waals surface area contributed by atoms with Crippen LogP contribution < -0.4 is 0 Å². The summed E-state index contributed by atoms with van der Waals surface area (Å²) in [5, 5.41) is 19.8. The van der Waals surface area contributed by atoms with Gasteiger partial charge in [0, 0.05) is 12.3 Å². The highest BCUT2D eigenvalue weighted by atomic mass is 16.4. The van der Waals surface area contributed by atoms with Crippen molar-refractivity contribution in [2.24, 2.45) is 22.7 Å². The molecule has 0 aliphatic heterocycles. The van der Waals surface area contributed by atoms with Crippen LogP contribution in [-0.4, -0.2) is 28.1 Å². The maximum absolute atomic E-state index is 12.4. The van der Waals surface area contributed by atoms with Crippen molar-refractivity contribution in [3.8, 4) is 0 Å². The molecule has 2 rings (SSSR count). The Morgan fingerprint density at radius 1 is 1.28 bits per heavy atom. The molecule has 3 atom stereocenters. The number of unbranched alkanes of at least 4 members (excludes halogenated alkanes) is 2. The minimum Gasteiger partial charge on any atom is -0.481 e. The predicted molar refractivity (Wildman–Crippen MR) is 117 cm³/mol. The summed E-state index contributed by atoms with van der Waals surface area (Å²) in [5.41, 5.74) is -0.106. The van der Waals surface area contributed by atoms with Gasteiger partial charge >= 0.3 is 5.97 Å². The van der Waals surface area contributed by atoms with Crippen molar-refractivity contribution in [3.05, 3.63) is 12.2 Å². The summed E-state index contributed by atoms with van der Waals surface area (Å²) >= 11 is 0. The summed E-state index contributed by atoms with van der Waals surface area (Å²) in [4.78, 5) is 23.3. The molecule has 0 radical (unpaired) electrons. The Bertz CT molecular complexity index is 573. The molecule has 0 aromatic carbocycles. The first-order valence-corrected chi connectivity index (χ1v) is 11.8. The van der Waals surface area contributed by atoms with Gasteiger partial charge in [-0.05, 0) is 55.3 Å². The third kappa shape index (κ3) is 6.94. The van der Waals surface area contributed by atoms with E-state index in [1.807, 2.05) is 19.9 Å². The number of carbonyl (C=O) groups is 2. The maximum Gasteiger partial charge on any atom is 0.303 e. The van der Waals surface area contributed by atoms with Gasteiger partial charge in [-0.1, -0.05) is 65.0 Å². The Morgan fingerprint density at radius 3 is 2.59 bits per heavy atom. The van der Waals surface area contributed by atoms with Gasteiger partial charge in [0.25, 0.3) is 0 Å². The van der Waals surface area contributed by atoms with Crippen molar-refractivity contribution in [1.29, 1.82) is 0 Å². The molecular weight excluding hydrogens is 364 g/mol. The summed E-state index contributed by atoms with van der Waals surface area (Å²) in [6.45, 7) is 6.21. The van der Waals surface area contributed by atoms with Gasteiger partial charge in [0.05, 0.1) is 12.5 Å². The van der Waals surface area contributed by atoms with Crippen LogP contribution in [0.15, 0.2) is 12.2 Å². The fraction of sp³-hybridized carbons (Fsp3) is 0.840. The van der Waals surface area contributed by atoms with E-state index in [0.717, 1.165) is 51.4 Å². The number of rotatable bonds is 13. The van der Waals surface area contributed by atoms with Gasteiger partial charge in [-0.2, -0.15) is 0 Å². The fourth-order valence-corrected chi connectivity index (χ4v) is 5.31. The molecule has 166 valence electrons. The van der Waals surface area contributed by atoms with Gasteiger partial charge in [0.15, 0.2) is 0 Å². The van der Waals surface area contributed by atoms with Crippen LogP contribution in [0.2, 0.25) is 0 Å². The minimum absolute atomic E-state index is 0.0778. The Balaban J connectivity index is 1.83. The van der Waals surface area contributed by atoms with Crippen LogP contribution in [0.4, 0.5) is 0 Å². The molecule has 0 heterocycles. The van der Waals surface area contributed by atoms with Crippen LogP contribution in [0.25, 0.3) is 0 Å². The van der Waals surface area contributed by atoms with Gasteiger partial charge in [-0.25, -0.2) is 0 Å². The second kappa shape index (κ2) is 10.7. The molecule has 4 nitrogen and oxygen atoms in total. The molecule has 2 N–H and O–H groups in total. The Kier molecular flexibility index (Phi) is 8.93. The number of carboxylic acids is 1. The van der Waals surface area contributed by atoms with Crippen molar-refractivity contribution >= 4 is 11.8 Å². The molecule has 0 saturated heterocycles. The number of aliphatic hydroxyl groups excluding tert-OH is 1. The number of allylic oxidation sites excluding steroid dienone is 1. The van der Waals surface area contributed by atoms with Gasteiger partial charge < -0.3 is 10.2 Å². The summed E-state index contributed by atoms with van der Waals surface area (Å²) in [6, 6.07) is 0. The monoisotopic (exact) mass is 406 g/mol. The third-order valence-electron chi connectivity index (χ3n) is 7.45. The highest BCUT2D eigenvalue weighted by Gasteiger charge is 2.42. The lowest BCUT2D eigenvalue weighted by molar-refractivity contribution is -0.139. The topological polar surface area (TPSA) is 74.6 Å². The highest BCUT2D eigenvalue weighted by molar-refractivity contribution is 5.83. The Morgan fingerprint density at radius 2 is 2.00 bits per heavy atom. The van der Waals surface area contributed by atoms with E-state index in [4.69, 9.17) is 5.11 Å². The van der Waals surface area contributed by atoms with Crippen molar-refractivity contribution in [2.75, 3.05) is 0 Å². The summed E-state index contributed by atoms with van der Waals surface area (Å²) in [7, 11) is 0. The van der Waals surface area contributed by atoms with Crippen LogP contribution in [-0.2, 0) is 9.59 Å². The molecule has 2 aliphatic carbocycles. The first-order chi connectivity index (χ1) is 13.7. The zero-order chi connectivity index (χ0) is 21.5.